The zero-order valence-corrected chi connectivity index (χ0v) is 10.2. The largest absolute Gasteiger partial charge is 0.502 e. The van der Waals surface area contributed by atoms with Crippen LogP contribution in [-0.2, 0) is 20.6 Å². The summed E-state index contributed by atoms with van der Waals surface area (Å²) in [7, 11) is -2.28. The van der Waals surface area contributed by atoms with Gasteiger partial charge in [0.25, 0.3) is 10.1 Å². The maximum Gasteiger partial charge on any atom is 0.269 e. The number of ether oxygens (including phenoxy) is 1. The molecular formula is C11H16O4S. The van der Waals surface area contributed by atoms with Crippen molar-refractivity contribution in [2.75, 3.05) is 7.11 Å². The van der Waals surface area contributed by atoms with Gasteiger partial charge in [-0.15, -0.1) is 0 Å². The maximum atomic E-state index is 10.4. The second-order valence-corrected chi connectivity index (χ2v) is 4.57. The normalized spacial score (nSPS) is 9.94. The molecule has 0 aromatic heterocycles. The number of benzene rings is 1. The minimum Gasteiger partial charge on any atom is -0.502 e. The fraction of sp³-hybridized carbons (Fsp3) is 0.273. The predicted octanol–water partition coefficient (Wildman–Crippen LogP) is 2.24. The van der Waals surface area contributed by atoms with Gasteiger partial charge in [-0.25, -0.2) is 0 Å². The highest BCUT2D eigenvalue weighted by atomic mass is 32.2. The molecule has 0 bridgehead atoms. The van der Waals surface area contributed by atoms with Crippen molar-refractivity contribution in [3.63, 3.8) is 0 Å². The van der Waals surface area contributed by atoms with Crippen LogP contribution in [0.5, 0.6) is 0 Å². The summed E-state index contributed by atoms with van der Waals surface area (Å²) in [6, 6.07) is 8.52. The number of allylic oxidation sites excluding steroid dienone is 1. The number of hydrogen-bond donors (Lipinski definition) is 1. The van der Waals surface area contributed by atoms with E-state index in [-0.39, 0.29) is 5.75 Å². The molecule has 0 spiro atoms. The molecule has 5 heteroatoms. The molecule has 0 fully saturated rings. The Labute approximate surface area is 96.3 Å². The van der Waals surface area contributed by atoms with Crippen LogP contribution in [0.1, 0.15) is 12.5 Å². The fourth-order valence-electron chi connectivity index (χ4n) is 0.785. The lowest BCUT2D eigenvalue weighted by Crippen LogP contribution is -2.00. The van der Waals surface area contributed by atoms with Gasteiger partial charge in [-0.1, -0.05) is 36.9 Å². The topological polar surface area (TPSA) is 63.6 Å². The molecule has 1 aromatic carbocycles. The maximum absolute atomic E-state index is 10.4. The van der Waals surface area contributed by atoms with Crippen molar-refractivity contribution in [3.05, 3.63) is 48.2 Å². The minimum atomic E-state index is -3.88. The Bertz CT molecular complexity index is 409. The Morgan fingerprint density at radius 3 is 2.12 bits per heavy atom. The van der Waals surface area contributed by atoms with E-state index in [1.165, 1.54) is 0 Å². The first-order valence-electron chi connectivity index (χ1n) is 4.53. The molecule has 1 aromatic rings. The monoisotopic (exact) mass is 244 g/mol. The highest BCUT2D eigenvalue weighted by Crippen LogP contribution is 2.02. The van der Waals surface area contributed by atoms with Gasteiger partial charge >= 0.3 is 0 Å². The molecule has 4 nitrogen and oxygen atoms in total. The van der Waals surface area contributed by atoms with E-state index in [4.69, 9.17) is 4.55 Å². The first-order chi connectivity index (χ1) is 7.35. The highest BCUT2D eigenvalue weighted by molar-refractivity contribution is 7.85. The van der Waals surface area contributed by atoms with Crippen molar-refractivity contribution in [1.29, 1.82) is 0 Å². The van der Waals surface area contributed by atoms with Crippen molar-refractivity contribution in [1.82, 2.24) is 0 Å². The molecule has 0 atom stereocenters. The first-order valence-corrected chi connectivity index (χ1v) is 6.14. The van der Waals surface area contributed by atoms with Crippen molar-refractivity contribution in [2.45, 2.75) is 12.7 Å². The number of hydrogen-bond acceptors (Lipinski definition) is 3. The summed E-state index contributed by atoms with van der Waals surface area (Å²) in [5.74, 6) is 0.443. The number of rotatable bonds is 3. The summed E-state index contributed by atoms with van der Waals surface area (Å²) in [5.41, 5.74) is 0.593. The molecule has 90 valence electrons. The van der Waals surface area contributed by atoms with Gasteiger partial charge in [-0.2, -0.15) is 8.42 Å². The van der Waals surface area contributed by atoms with Gasteiger partial charge in [0.2, 0.25) is 0 Å². The molecule has 0 heterocycles. The van der Waals surface area contributed by atoms with E-state index >= 15 is 0 Å². The lowest BCUT2D eigenvalue weighted by atomic mass is 10.2. The zero-order chi connectivity index (χ0) is 12.6. The molecule has 0 saturated carbocycles. The Morgan fingerprint density at radius 2 is 1.81 bits per heavy atom. The van der Waals surface area contributed by atoms with Crippen LogP contribution in [0.3, 0.4) is 0 Å². The van der Waals surface area contributed by atoms with Crippen molar-refractivity contribution < 1.29 is 17.7 Å². The molecule has 0 aliphatic carbocycles. The summed E-state index contributed by atoms with van der Waals surface area (Å²) in [5, 5.41) is 0. The average Bonchev–Trinajstić information content (AvgIpc) is 2.17. The summed E-state index contributed by atoms with van der Waals surface area (Å²) in [6.45, 7) is 5.26. The third-order valence-corrected chi connectivity index (χ3v) is 2.24. The van der Waals surface area contributed by atoms with Crippen molar-refractivity contribution in [3.8, 4) is 0 Å². The van der Waals surface area contributed by atoms with Gasteiger partial charge in [0.1, 0.15) is 5.75 Å². The van der Waals surface area contributed by atoms with Gasteiger partial charge in [-0.05, 0) is 12.5 Å². The van der Waals surface area contributed by atoms with E-state index in [9.17, 15) is 8.42 Å². The van der Waals surface area contributed by atoms with Crippen LogP contribution in [0.4, 0.5) is 0 Å². The fourth-order valence-corrected chi connectivity index (χ4v) is 1.40. The van der Waals surface area contributed by atoms with Crippen molar-refractivity contribution in [2.24, 2.45) is 0 Å². The predicted molar refractivity (Wildman–Crippen MR) is 63.5 cm³/mol. The Hall–Kier alpha value is -1.33. The van der Waals surface area contributed by atoms with Gasteiger partial charge in [0.15, 0.2) is 0 Å². The van der Waals surface area contributed by atoms with Crippen LogP contribution in [0.2, 0.25) is 0 Å². The Kier molecular flexibility index (Phi) is 6.44. The van der Waals surface area contributed by atoms with Crippen LogP contribution in [-0.4, -0.2) is 20.1 Å². The molecule has 0 aliphatic rings. The van der Waals surface area contributed by atoms with E-state index in [2.05, 4.69) is 11.3 Å². The Balaban J connectivity index is 0.000000385. The summed E-state index contributed by atoms with van der Waals surface area (Å²) < 4.78 is 33.7. The van der Waals surface area contributed by atoms with Gasteiger partial charge in [0.05, 0.1) is 12.9 Å². The molecule has 0 aliphatic heterocycles. The first kappa shape index (κ1) is 14.7. The number of methoxy groups -OCH3 is 1. The van der Waals surface area contributed by atoms with E-state index in [1.807, 2.05) is 0 Å². The van der Waals surface area contributed by atoms with E-state index in [1.54, 1.807) is 44.4 Å². The zero-order valence-electron chi connectivity index (χ0n) is 9.38. The summed E-state index contributed by atoms with van der Waals surface area (Å²) in [4.78, 5) is 0. The molecule has 1 rings (SSSR count). The third kappa shape index (κ3) is 9.23. The van der Waals surface area contributed by atoms with Gasteiger partial charge < -0.3 is 4.74 Å². The van der Waals surface area contributed by atoms with Crippen LogP contribution >= 0.6 is 0 Å². The molecule has 0 amide bonds. The molecule has 0 unspecified atom stereocenters. The summed E-state index contributed by atoms with van der Waals surface area (Å²) in [6.07, 6.45) is 0. The lowest BCUT2D eigenvalue weighted by Gasteiger charge is -1.95. The van der Waals surface area contributed by atoms with E-state index in [0.29, 0.717) is 5.56 Å². The SMILES string of the molecule is C=C(C)OC.O=S(=O)(O)Cc1ccccc1. The highest BCUT2D eigenvalue weighted by Gasteiger charge is 2.04. The minimum absolute atomic E-state index is 0.312. The smallest absolute Gasteiger partial charge is 0.269 e. The average molecular weight is 244 g/mol. The van der Waals surface area contributed by atoms with E-state index in [0.717, 1.165) is 5.76 Å². The molecule has 16 heavy (non-hydrogen) atoms. The molecular weight excluding hydrogens is 228 g/mol. The molecule has 1 N–H and O–H groups in total. The molecule has 0 radical (unpaired) electrons. The van der Waals surface area contributed by atoms with Crippen LogP contribution in [0.15, 0.2) is 42.7 Å². The van der Waals surface area contributed by atoms with Crippen LogP contribution in [0.25, 0.3) is 0 Å². The molecule has 0 saturated heterocycles. The van der Waals surface area contributed by atoms with Crippen LogP contribution < -0.4 is 0 Å². The second kappa shape index (κ2) is 7.03. The van der Waals surface area contributed by atoms with Gasteiger partial charge in [-0.3, -0.25) is 4.55 Å². The van der Waals surface area contributed by atoms with Crippen molar-refractivity contribution >= 4 is 10.1 Å². The standard InChI is InChI=1S/C7H8O3S.C4H8O/c8-11(9,10)6-7-4-2-1-3-5-7;1-4(2)5-3/h1-5H,6H2,(H,8,9,10);1H2,2-3H3. The lowest BCUT2D eigenvalue weighted by molar-refractivity contribution is 0.295. The van der Waals surface area contributed by atoms with E-state index < -0.39 is 10.1 Å². The quantitative estimate of drug-likeness (QED) is 0.654. The third-order valence-electron chi connectivity index (χ3n) is 1.54. The second-order valence-electron chi connectivity index (χ2n) is 3.12. The van der Waals surface area contributed by atoms with Crippen LogP contribution in [0, 0.1) is 0 Å². The van der Waals surface area contributed by atoms with Gasteiger partial charge in [0, 0.05) is 0 Å². The Morgan fingerprint density at radius 1 is 1.38 bits per heavy atom. The summed E-state index contributed by atoms with van der Waals surface area (Å²) >= 11 is 0.